The summed E-state index contributed by atoms with van der Waals surface area (Å²) < 4.78 is 19.0. The topological polar surface area (TPSA) is 78.5 Å². The van der Waals surface area contributed by atoms with Crippen molar-refractivity contribution in [3.63, 3.8) is 0 Å². The van der Waals surface area contributed by atoms with Crippen LogP contribution in [0.4, 0.5) is 4.39 Å². The van der Waals surface area contributed by atoms with E-state index in [0.717, 1.165) is 17.8 Å². The average molecular weight is 400 g/mol. The zero-order valence-corrected chi connectivity index (χ0v) is 16.5. The number of rotatable bonds is 4. The maximum Gasteiger partial charge on any atom is 0.249 e. The van der Waals surface area contributed by atoms with Crippen molar-refractivity contribution in [2.75, 3.05) is 33.4 Å². The highest BCUT2D eigenvalue weighted by Crippen LogP contribution is 2.42. The Bertz CT molecular complexity index is 905. The molecule has 1 aromatic carbocycles. The molecule has 8 heteroatoms. The number of hydrogen-bond donors (Lipinski definition) is 1. The third-order valence-corrected chi connectivity index (χ3v) is 6.07. The Balaban J connectivity index is 1.52. The number of ether oxygens (including phenoxy) is 1. The number of methoxy groups -OCH3 is 1. The predicted molar refractivity (Wildman–Crippen MR) is 103 cm³/mol. The summed E-state index contributed by atoms with van der Waals surface area (Å²) >= 11 is 0. The standard InChI is InChI=1S/C21H25FN4O3/c1-29-13-19(28)26-9-6-17-20(24-14-23-17)21(26)7-10-25(11-8-21)18(27)12-15-4-2-3-5-16(15)22/h2-5,14H,6-13H2,1H3,(H,23,24). The van der Waals surface area contributed by atoms with Crippen LogP contribution in [0.1, 0.15) is 29.8 Å². The van der Waals surface area contributed by atoms with Gasteiger partial charge in [-0.05, 0) is 24.5 Å². The number of halogens is 1. The molecule has 0 bridgehead atoms. The number of nitrogens with one attached hydrogen (secondary N) is 1. The molecular weight excluding hydrogens is 375 g/mol. The summed E-state index contributed by atoms with van der Waals surface area (Å²) in [6.45, 7) is 1.62. The molecule has 29 heavy (non-hydrogen) atoms. The van der Waals surface area contributed by atoms with E-state index in [1.807, 2.05) is 4.90 Å². The third kappa shape index (κ3) is 3.53. The number of nitrogens with zero attached hydrogens (tertiary/aromatic N) is 3. The maximum atomic E-state index is 13.9. The molecule has 1 saturated heterocycles. The molecular formula is C21H25FN4O3. The van der Waals surface area contributed by atoms with E-state index in [1.54, 1.807) is 29.4 Å². The number of aromatic nitrogens is 2. The van der Waals surface area contributed by atoms with Crippen LogP contribution < -0.4 is 0 Å². The number of H-pyrrole nitrogens is 1. The first-order valence-electron chi connectivity index (χ1n) is 9.88. The largest absolute Gasteiger partial charge is 0.375 e. The fraction of sp³-hybridized carbons (Fsp3) is 0.476. The molecule has 154 valence electrons. The van der Waals surface area contributed by atoms with E-state index in [4.69, 9.17) is 4.74 Å². The number of benzene rings is 1. The molecule has 0 atom stereocenters. The molecule has 1 spiro atoms. The summed E-state index contributed by atoms with van der Waals surface area (Å²) in [6.07, 6.45) is 3.64. The smallest absolute Gasteiger partial charge is 0.249 e. The first kappa shape index (κ1) is 19.6. The van der Waals surface area contributed by atoms with Crippen LogP contribution in [0.3, 0.4) is 0 Å². The second-order valence-corrected chi connectivity index (χ2v) is 7.64. The lowest BCUT2D eigenvalue weighted by Crippen LogP contribution is -2.59. The van der Waals surface area contributed by atoms with Gasteiger partial charge in [0.15, 0.2) is 0 Å². The molecule has 1 N–H and O–H groups in total. The third-order valence-electron chi connectivity index (χ3n) is 6.07. The molecule has 0 radical (unpaired) electrons. The number of carbonyl (C=O) groups excluding carboxylic acids is 2. The highest BCUT2D eigenvalue weighted by Gasteiger charge is 2.49. The van der Waals surface area contributed by atoms with Crippen LogP contribution in [0.5, 0.6) is 0 Å². The van der Waals surface area contributed by atoms with Gasteiger partial charge in [-0.1, -0.05) is 18.2 Å². The number of imidazole rings is 1. The normalized spacial score (nSPS) is 18.0. The fourth-order valence-electron chi connectivity index (χ4n) is 4.59. The van der Waals surface area contributed by atoms with E-state index in [2.05, 4.69) is 9.97 Å². The Labute approximate surface area is 168 Å². The van der Waals surface area contributed by atoms with E-state index < -0.39 is 5.54 Å². The van der Waals surface area contributed by atoms with E-state index in [1.165, 1.54) is 13.2 Å². The minimum absolute atomic E-state index is 0.0252. The Morgan fingerprint density at radius 1 is 1.21 bits per heavy atom. The van der Waals surface area contributed by atoms with Crippen molar-refractivity contribution in [2.45, 2.75) is 31.2 Å². The van der Waals surface area contributed by atoms with Gasteiger partial charge in [-0.3, -0.25) is 9.59 Å². The summed E-state index contributed by atoms with van der Waals surface area (Å²) in [6, 6.07) is 6.36. The number of amides is 2. The minimum Gasteiger partial charge on any atom is -0.375 e. The van der Waals surface area contributed by atoms with E-state index in [0.29, 0.717) is 38.0 Å². The second kappa shape index (κ2) is 7.94. The van der Waals surface area contributed by atoms with Gasteiger partial charge in [0.25, 0.3) is 0 Å². The maximum absolute atomic E-state index is 13.9. The van der Waals surface area contributed by atoms with E-state index >= 15 is 0 Å². The van der Waals surface area contributed by atoms with Crippen LogP contribution in [0.25, 0.3) is 0 Å². The van der Waals surface area contributed by atoms with Gasteiger partial charge in [-0.25, -0.2) is 9.37 Å². The fourth-order valence-corrected chi connectivity index (χ4v) is 4.59. The molecule has 0 unspecified atom stereocenters. The summed E-state index contributed by atoms with van der Waals surface area (Å²) in [5.41, 5.74) is 1.83. The first-order chi connectivity index (χ1) is 14.0. The van der Waals surface area contributed by atoms with Gasteiger partial charge in [0, 0.05) is 38.9 Å². The zero-order valence-electron chi connectivity index (χ0n) is 16.5. The van der Waals surface area contributed by atoms with Crippen LogP contribution in [0.15, 0.2) is 30.6 Å². The van der Waals surface area contributed by atoms with Gasteiger partial charge in [0.2, 0.25) is 11.8 Å². The molecule has 3 heterocycles. The van der Waals surface area contributed by atoms with Crippen molar-refractivity contribution in [1.29, 1.82) is 0 Å². The Morgan fingerprint density at radius 3 is 2.69 bits per heavy atom. The molecule has 1 aromatic heterocycles. The number of piperidine rings is 1. The number of likely N-dealkylation sites (tertiary alicyclic amines) is 1. The number of fused-ring (bicyclic) bond motifs is 2. The molecule has 2 aliphatic heterocycles. The molecule has 2 amide bonds. The molecule has 7 nitrogen and oxygen atoms in total. The van der Waals surface area contributed by atoms with E-state index in [9.17, 15) is 14.0 Å². The molecule has 2 aromatic rings. The highest BCUT2D eigenvalue weighted by molar-refractivity contribution is 5.80. The highest BCUT2D eigenvalue weighted by atomic mass is 19.1. The molecule has 2 aliphatic rings. The number of carbonyl (C=O) groups is 2. The first-order valence-corrected chi connectivity index (χ1v) is 9.88. The second-order valence-electron chi connectivity index (χ2n) is 7.64. The molecule has 0 saturated carbocycles. The van der Waals surface area contributed by atoms with Crippen LogP contribution in [-0.2, 0) is 32.7 Å². The van der Waals surface area contributed by atoms with Crippen molar-refractivity contribution >= 4 is 11.8 Å². The lowest BCUT2D eigenvalue weighted by Gasteiger charge is -2.50. The van der Waals surface area contributed by atoms with Crippen molar-refractivity contribution in [2.24, 2.45) is 0 Å². The zero-order chi connectivity index (χ0) is 20.4. The summed E-state index contributed by atoms with van der Waals surface area (Å²) in [7, 11) is 1.51. The molecule has 0 aliphatic carbocycles. The summed E-state index contributed by atoms with van der Waals surface area (Å²) in [5.74, 6) is -0.524. The van der Waals surface area contributed by atoms with Gasteiger partial charge >= 0.3 is 0 Å². The van der Waals surface area contributed by atoms with Crippen molar-refractivity contribution < 1.29 is 18.7 Å². The minimum atomic E-state index is -0.530. The summed E-state index contributed by atoms with van der Waals surface area (Å²) in [4.78, 5) is 36.8. The lowest BCUT2D eigenvalue weighted by molar-refractivity contribution is -0.147. The number of aromatic amines is 1. The lowest BCUT2D eigenvalue weighted by atomic mass is 9.78. The van der Waals surface area contributed by atoms with Crippen LogP contribution in [0.2, 0.25) is 0 Å². The Kier molecular flexibility index (Phi) is 5.36. The molecule has 1 fully saturated rings. The number of hydrogen-bond acceptors (Lipinski definition) is 4. The van der Waals surface area contributed by atoms with Crippen molar-refractivity contribution in [3.8, 4) is 0 Å². The average Bonchev–Trinajstić information content (AvgIpc) is 3.21. The predicted octanol–water partition coefficient (Wildman–Crippen LogP) is 1.64. The quantitative estimate of drug-likeness (QED) is 0.846. The van der Waals surface area contributed by atoms with Gasteiger partial charge in [0.1, 0.15) is 12.4 Å². The van der Waals surface area contributed by atoms with Gasteiger partial charge in [0.05, 0.1) is 24.0 Å². The van der Waals surface area contributed by atoms with Gasteiger partial charge in [-0.15, -0.1) is 0 Å². The Morgan fingerprint density at radius 2 is 1.97 bits per heavy atom. The van der Waals surface area contributed by atoms with Crippen LogP contribution in [-0.4, -0.2) is 64.9 Å². The summed E-state index contributed by atoms with van der Waals surface area (Å²) in [5, 5.41) is 0. The SMILES string of the molecule is COCC(=O)N1CCc2[nH]cnc2C12CCN(C(=O)Cc1ccccc1F)CC2. The Hall–Kier alpha value is -2.74. The monoisotopic (exact) mass is 400 g/mol. The van der Waals surface area contributed by atoms with Crippen LogP contribution in [0, 0.1) is 5.82 Å². The van der Waals surface area contributed by atoms with Crippen molar-refractivity contribution in [1.82, 2.24) is 19.8 Å². The van der Waals surface area contributed by atoms with Gasteiger partial charge < -0.3 is 19.5 Å². The van der Waals surface area contributed by atoms with Gasteiger partial charge in [-0.2, -0.15) is 0 Å². The van der Waals surface area contributed by atoms with Crippen LogP contribution >= 0.6 is 0 Å². The van der Waals surface area contributed by atoms with Crippen molar-refractivity contribution in [3.05, 3.63) is 53.4 Å². The van der Waals surface area contributed by atoms with E-state index in [-0.39, 0.29) is 30.7 Å². The molecule has 4 rings (SSSR count).